The van der Waals surface area contributed by atoms with Crippen molar-refractivity contribution in [3.63, 3.8) is 0 Å². The number of rotatable bonds is 4. The van der Waals surface area contributed by atoms with Crippen LogP contribution in [0, 0.1) is 0 Å². The lowest BCUT2D eigenvalue weighted by molar-refractivity contribution is 0.673. The Labute approximate surface area is 237 Å². The minimum atomic E-state index is 0.866. The van der Waals surface area contributed by atoms with Crippen molar-refractivity contribution in [2.24, 2.45) is 0 Å². The van der Waals surface area contributed by atoms with Gasteiger partial charge in [0.15, 0.2) is 0 Å². The Hall–Kier alpha value is -5.54. The molecule has 0 saturated carbocycles. The van der Waals surface area contributed by atoms with Crippen LogP contribution in [-0.4, -0.2) is 9.97 Å². The van der Waals surface area contributed by atoms with Crippen LogP contribution in [-0.2, 0) is 0 Å². The van der Waals surface area contributed by atoms with Crippen LogP contribution >= 0.6 is 0 Å². The van der Waals surface area contributed by atoms with Gasteiger partial charge < -0.3 is 4.42 Å². The van der Waals surface area contributed by atoms with Crippen LogP contribution in [0.5, 0.6) is 0 Å². The first kappa shape index (κ1) is 23.4. The fraction of sp³-hybridized carbons (Fsp3) is 0. The van der Waals surface area contributed by atoms with E-state index in [0.29, 0.717) is 0 Å². The molecule has 3 aromatic heterocycles. The predicted molar refractivity (Wildman–Crippen MR) is 169 cm³/mol. The van der Waals surface area contributed by atoms with E-state index in [-0.39, 0.29) is 0 Å². The van der Waals surface area contributed by atoms with Gasteiger partial charge in [-0.3, -0.25) is 4.98 Å². The molecule has 0 radical (unpaired) electrons. The average molecular weight is 525 g/mol. The predicted octanol–water partition coefficient (Wildman–Crippen LogP) is 10.2. The fourth-order valence-electron chi connectivity index (χ4n) is 5.72. The molecule has 0 N–H and O–H groups in total. The van der Waals surface area contributed by atoms with Gasteiger partial charge in [0.25, 0.3) is 0 Å². The SMILES string of the molecule is c1ccc(-c2ccc3oc4c5ccccc5c(-c5ccc(-c6cccc(-c7ccccn7)n6)cc5)cc4c3c2)cc1. The smallest absolute Gasteiger partial charge is 0.143 e. The second kappa shape index (κ2) is 9.58. The summed E-state index contributed by atoms with van der Waals surface area (Å²) >= 11 is 0. The van der Waals surface area contributed by atoms with E-state index < -0.39 is 0 Å². The molecule has 3 heterocycles. The molecule has 0 atom stereocenters. The second-order valence-electron chi connectivity index (χ2n) is 10.2. The Morgan fingerprint density at radius 1 is 0.415 bits per heavy atom. The summed E-state index contributed by atoms with van der Waals surface area (Å²) in [6.45, 7) is 0. The van der Waals surface area contributed by atoms with Gasteiger partial charge in [-0.15, -0.1) is 0 Å². The number of pyridine rings is 2. The minimum Gasteiger partial charge on any atom is -0.455 e. The first-order valence-corrected chi connectivity index (χ1v) is 13.7. The summed E-state index contributed by atoms with van der Waals surface area (Å²) in [5.41, 5.74) is 10.3. The molecular weight excluding hydrogens is 500 g/mol. The van der Waals surface area contributed by atoms with Crippen molar-refractivity contribution < 1.29 is 4.42 Å². The number of hydrogen-bond acceptors (Lipinski definition) is 3. The van der Waals surface area contributed by atoms with Gasteiger partial charge in [-0.05, 0) is 70.1 Å². The van der Waals surface area contributed by atoms with Gasteiger partial charge in [0, 0.05) is 27.9 Å². The summed E-state index contributed by atoms with van der Waals surface area (Å²) in [4.78, 5) is 9.35. The first-order valence-electron chi connectivity index (χ1n) is 13.7. The lowest BCUT2D eigenvalue weighted by Gasteiger charge is -2.10. The van der Waals surface area contributed by atoms with E-state index in [0.717, 1.165) is 55.5 Å². The maximum Gasteiger partial charge on any atom is 0.143 e. The lowest BCUT2D eigenvalue weighted by atomic mass is 9.94. The highest BCUT2D eigenvalue weighted by molar-refractivity contribution is 6.19. The molecule has 0 bridgehead atoms. The van der Waals surface area contributed by atoms with Gasteiger partial charge in [-0.2, -0.15) is 0 Å². The topological polar surface area (TPSA) is 38.9 Å². The van der Waals surface area contributed by atoms with Crippen molar-refractivity contribution in [1.82, 2.24) is 9.97 Å². The average Bonchev–Trinajstić information content (AvgIpc) is 3.43. The molecule has 0 fully saturated rings. The van der Waals surface area contributed by atoms with Crippen LogP contribution < -0.4 is 0 Å². The summed E-state index contributed by atoms with van der Waals surface area (Å²) in [5.74, 6) is 0. The van der Waals surface area contributed by atoms with Gasteiger partial charge in [0.2, 0.25) is 0 Å². The fourth-order valence-corrected chi connectivity index (χ4v) is 5.72. The third kappa shape index (κ3) is 4.07. The van der Waals surface area contributed by atoms with Gasteiger partial charge in [-0.25, -0.2) is 4.98 Å². The molecule has 0 saturated heterocycles. The van der Waals surface area contributed by atoms with Gasteiger partial charge in [0.1, 0.15) is 11.2 Å². The third-order valence-electron chi connectivity index (χ3n) is 7.75. The molecule has 192 valence electrons. The zero-order valence-corrected chi connectivity index (χ0v) is 22.2. The van der Waals surface area contributed by atoms with Crippen LogP contribution in [0.15, 0.2) is 150 Å². The highest BCUT2D eigenvalue weighted by Gasteiger charge is 2.16. The lowest BCUT2D eigenvalue weighted by Crippen LogP contribution is -1.90. The van der Waals surface area contributed by atoms with Crippen molar-refractivity contribution in [2.45, 2.75) is 0 Å². The normalized spacial score (nSPS) is 11.4. The van der Waals surface area contributed by atoms with E-state index >= 15 is 0 Å². The molecule has 0 aliphatic rings. The standard InChI is InChI=1S/C38H24N2O/c1-2-9-25(10-3-1)28-20-21-37-32(23-28)33-24-31(29-11-4-5-12-30(29)38(33)41-37)26-16-18-27(19-17-26)34-14-8-15-36(40-34)35-13-6-7-22-39-35/h1-24H. The van der Waals surface area contributed by atoms with Gasteiger partial charge in [0.05, 0.1) is 17.1 Å². The Morgan fingerprint density at radius 2 is 1.12 bits per heavy atom. The molecule has 41 heavy (non-hydrogen) atoms. The van der Waals surface area contributed by atoms with E-state index in [1.165, 1.54) is 22.1 Å². The van der Waals surface area contributed by atoms with E-state index in [9.17, 15) is 0 Å². The van der Waals surface area contributed by atoms with E-state index in [1.54, 1.807) is 6.20 Å². The quantitative estimate of drug-likeness (QED) is 0.230. The summed E-state index contributed by atoms with van der Waals surface area (Å²) in [6.07, 6.45) is 1.80. The maximum atomic E-state index is 6.46. The molecule has 8 rings (SSSR count). The second-order valence-corrected chi connectivity index (χ2v) is 10.2. The number of fused-ring (bicyclic) bond motifs is 5. The molecule has 0 aliphatic heterocycles. The van der Waals surface area contributed by atoms with Crippen molar-refractivity contribution in [3.8, 4) is 44.9 Å². The summed E-state index contributed by atoms with van der Waals surface area (Å²) in [6, 6.07) is 48.4. The number of aromatic nitrogens is 2. The monoisotopic (exact) mass is 524 g/mol. The molecule has 3 nitrogen and oxygen atoms in total. The summed E-state index contributed by atoms with van der Waals surface area (Å²) in [7, 11) is 0. The van der Waals surface area contributed by atoms with Crippen LogP contribution in [0.2, 0.25) is 0 Å². The largest absolute Gasteiger partial charge is 0.455 e. The molecule has 3 heteroatoms. The van der Waals surface area contributed by atoms with Crippen molar-refractivity contribution in [1.29, 1.82) is 0 Å². The Balaban J connectivity index is 1.26. The molecule has 8 aromatic rings. The summed E-state index contributed by atoms with van der Waals surface area (Å²) < 4.78 is 6.46. The molecule has 0 spiro atoms. The molecule has 0 unspecified atom stereocenters. The molecular formula is C38H24N2O. The Kier molecular flexibility index (Phi) is 5.46. The third-order valence-corrected chi connectivity index (χ3v) is 7.75. The van der Waals surface area contributed by atoms with E-state index in [2.05, 4.69) is 102 Å². The van der Waals surface area contributed by atoms with Crippen LogP contribution in [0.25, 0.3) is 77.6 Å². The van der Waals surface area contributed by atoms with Crippen LogP contribution in [0.4, 0.5) is 0 Å². The van der Waals surface area contributed by atoms with E-state index in [1.807, 2.05) is 42.5 Å². The van der Waals surface area contributed by atoms with E-state index in [4.69, 9.17) is 9.40 Å². The zero-order valence-electron chi connectivity index (χ0n) is 22.2. The van der Waals surface area contributed by atoms with Gasteiger partial charge in [-0.1, -0.05) is 97.1 Å². The summed E-state index contributed by atoms with van der Waals surface area (Å²) in [5, 5.41) is 4.54. The molecule has 0 amide bonds. The minimum absolute atomic E-state index is 0.866. The van der Waals surface area contributed by atoms with Gasteiger partial charge >= 0.3 is 0 Å². The van der Waals surface area contributed by atoms with Crippen LogP contribution in [0.3, 0.4) is 0 Å². The van der Waals surface area contributed by atoms with Crippen molar-refractivity contribution in [2.75, 3.05) is 0 Å². The number of hydrogen-bond donors (Lipinski definition) is 0. The number of benzene rings is 5. The van der Waals surface area contributed by atoms with Crippen LogP contribution in [0.1, 0.15) is 0 Å². The highest BCUT2D eigenvalue weighted by atomic mass is 16.3. The van der Waals surface area contributed by atoms with Crippen molar-refractivity contribution >= 4 is 32.7 Å². The molecule has 5 aromatic carbocycles. The Morgan fingerprint density at radius 3 is 1.95 bits per heavy atom. The first-order chi connectivity index (χ1) is 20.3. The number of furan rings is 1. The number of nitrogens with zero attached hydrogens (tertiary/aromatic N) is 2. The highest BCUT2D eigenvalue weighted by Crippen LogP contribution is 2.41. The Bertz CT molecular complexity index is 2180. The molecule has 0 aliphatic carbocycles. The zero-order chi connectivity index (χ0) is 27.2. The van der Waals surface area contributed by atoms with Crippen molar-refractivity contribution in [3.05, 3.63) is 146 Å². The maximum absolute atomic E-state index is 6.46.